The molecule has 0 spiro atoms. The van der Waals surface area contributed by atoms with Crippen LogP contribution < -0.4 is 5.32 Å². The van der Waals surface area contributed by atoms with Crippen LogP contribution in [-0.4, -0.2) is 31.7 Å². The molecule has 0 saturated carbocycles. The maximum atomic E-state index is 13.9. The van der Waals surface area contributed by atoms with Crippen molar-refractivity contribution in [1.29, 1.82) is 0 Å². The first kappa shape index (κ1) is 23.9. The van der Waals surface area contributed by atoms with Gasteiger partial charge in [-0.3, -0.25) is 9.59 Å². The number of fused-ring (bicyclic) bond motifs is 1. The number of anilines is 1. The van der Waals surface area contributed by atoms with E-state index in [4.69, 9.17) is 4.42 Å². The second kappa shape index (κ2) is 10.4. The van der Waals surface area contributed by atoms with Crippen molar-refractivity contribution in [3.63, 3.8) is 0 Å². The fraction of sp³-hybridized carbons (Fsp3) is 0.143. The van der Waals surface area contributed by atoms with E-state index >= 15 is 0 Å². The van der Waals surface area contributed by atoms with Crippen LogP contribution >= 0.6 is 0 Å². The Kier molecular flexibility index (Phi) is 6.76. The highest BCUT2D eigenvalue weighted by atomic mass is 19.1. The average molecular weight is 498 g/mol. The monoisotopic (exact) mass is 497 g/mol. The van der Waals surface area contributed by atoms with Crippen molar-refractivity contribution < 1.29 is 18.4 Å². The smallest absolute Gasteiger partial charge is 0.251 e. The van der Waals surface area contributed by atoms with Crippen LogP contribution in [0, 0.1) is 12.7 Å². The van der Waals surface area contributed by atoms with Crippen molar-refractivity contribution in [3.05, 3.63) is 114 Å². The number of furan rings is 1. The predicted molar refractivity (Wildman–Crippen MR) is 136 cm³/mol. The van der Waals surface area contributed by atoms with Gasteiger partial charge in [0.1, 0.15) is 29.7 Å². The lowest BCUT2D eigenvalue weighted by Crippen LogP contribution is -2.42. The van der Waals surface area contributed by atoms with Gasteiger partial charge in [0.25, 0.3) is 5.91 Å². The molecule has 9 heteroatoms. The Morgan fingerprint density at radius 1 is 1.00 bits per heavy atom. The van der Waals surface area contributed by atoms with E-state index in [0.29, 0.717) is 28.0 Å². The molecule has 186 valence electrons. The zero-order chi connectivity index (χ0) is 25.8. The molecule has 0 unspecified atom stereocenters. The van der Waals surface area contributed by atoms with E-state index in [1.165, 1.54) is 40.1 Å². The molecular formula is C28H24FN5O3. The first-order chi connectivity index (χ1) is 18.0. The number of benzene rings is 3. The van der Waals surface area contributed by atoms with Crippen molar-refractivity contribution in [1.82, 2.24) is 19.9 Å². The lowest BCUT2D eigenvalue weighted by Gasteiger charge is -2.31. The number of amides is 2. The summed E-state index contributed by atoms with van der Waals surface area (Å²) >= 11 is 0. The molecule has 0 bridgehead atoms. The standard InChI is InChI=1S/C28H24FN5O3/c1-19-7-2-3-9-23(19)27(28(36)30-21-14-12-20(29)13-15-21)33(17-22-8-6-16-37-22)26(35)18-34-25-11-5-4-10-24(25)31-32-34/h2-16,27H,17-18H2,1H3,(H,30,36)/t27-/m0/s1. The number of carbonyl (C=O) groups is 2. The van der Waals surface area contributed by atoms with Gasteiger partial charge in [-0.1, -0.05) is 41.6 Å². The molecule has 2 heterocycles. The third-order valence-corrected chi connectivity index (χ3v) is 6.09. The van der Waals surface area contributed by atoms with Gasteiger partial charge in [-0.2, -0.15) is 0 Å². The normalized spacial score (nSPS) is 11.8. The molecule has 5 rings (SSSR count). The number of rotatable bonds is 8. The molecule has 37 heavy (non-hydrogen) atoms. The lowest BCUT2D eigenvalue weighted by atomic mass is 9.98. The Hall–Kier alpha value is -4.79. The number of aromatic nitrogens is 3. The second-order valence-electron chi connectivity index (χ2n) is 8.59. The summed E-state index contributed by atoms with van der Waals surface area (Å²) in [7, 11) is 0. The third kappa shape index (κ3) is 5.25. The van der Waals surface area contributed by atoms with E-state index in [1.54, 1.807) is 12.1 Å². The number of hydrogen-bond acceptors (Lipinski definition) is 5. The van der Waals surface area contributed by atoms with Gasteiger partial charge in [0.15, 0.2) is 0 Å². The summed E-state index contributed by atoms with van der Waals surface area (Å²) in [5, 5.41) is 11.1. The maximum Gasteiger partial charge on any atom is 0.251 e. The molecule has 0 aliphatic heterocycles. The number of carbonyl (C=O) groups excluding carboxylic acids is 2. The molecule has 2 aromatic heterocycles. The molecule has 5 aromatic rings. The molecule has 8 nitrogen and oxygen atoms in total. The minimum Gasteiger partial charge on any atom is -0.467 e. The Bertz CT molecular complexity index is 1530. The summed E-state index contributed by atoms with van der Waals surface area (Å²) in [6.45, 7) is 1.80. The quantitative estimate of drug-likeness (QED) is 0.330. The van der Waals surface area contributed by atoms with Crippen LogP contribution in [0.5, 0.6) is 0 Å². The molecule has 0 fully saturated rings. The summed E-state index contributed by atoms with van der Waals surface area (Å²) in [4.78, 5) is 29.1. The van der Waals surface area contributed by atoms with Gasteiger partial charge < -0.3 is 14.6 Å². The molecule has 1 N–H and O–H groups in total. The topological polar surface area (TPSA) is 93.3 Å². The van der Waals surface area contributed by atoms with Crippen LogP contribution in [0.15, 0.2) is 95.6 Å². The van der Waals surface area contributed by atoms with Crippen LogP contribution in [0.3, 0.4) is 0 Å². The number of halogens is 1. The second-order valence-corrected chi connectivity index (χ2v) is 8.59. The molecule has 0 aliphatic rings. The molecule has 0 aliphatic carbocycles. The third-order valence-electron chi connectivity index (χ3n) is 6.09. The van der Waals surface area contributed by atoms with Crippen molar-refractivity contribution >= 4 is 28.5 Å². The number of para-hydroxylation sites is 1. The fourth-order valence-corrected chi connectivity index (χ4v) is 4.24. The van der Waals surface area contributed by atoms with Crippen LogP contribution in [-0.2, 0) is 22.7 Å². The zero-order valence-corrected chi connectivity index (χ0v) is 20.0. The highest BCUT2D eigenvalue weighted by Crippen LogP contribution is 2.28. The van der Waals surface area contributed by atoms with Crippen LogP contribution in [0.2, 0.25) is 0 Å². The minimum atomic E-state index is -1.00. The van der Waals surface area contributed by atoms with Crippen molar-refractivity contribution in [2.45, 2.75) is 26.1 Å². The van der Waals surface area contributed by atoms with Gasteiger partial charge in [0.2, 0.25) is 5.91 Å². The van der Waals surface area contributed by atoms with Crippen LogP contribution in [0.4, 0.5) is 10.1 Å². The average Bonchev–Trinajstić information content (AvgIpc) is 3.56. The van der Waals surface area contributed by atoms with E-state index < -0.39 is 17.8 Å². The Balaban J connectivity index is 1.54. The molecule has 0 saturated heterocycles. The fourth-order valence-electron chi connectivity index (χ4n) is 4.24. The van der Waals surface area contributed by atoms with Crippen molar-refractivity contribution in [2.24, 2.45) is 0 Å². The van der Waals surface area contributed by atoms with E-state index in [1.807, 2.05) is 55.5 Å². The number of aryl methyl sites for hydroxylation is 1. The molecule has 1 atom stereocenters. The SMILES string of the molecule is Cc1ccccc1[C@@H](C(=O)Nc1ccc(F)cc1)N(Cc1ccco1)C(=O)Cn1nnc2ccccc21. The summed E-state index contributed by atoms with van der Waals surface area (Å²) in [5.41, 5.74) is 3.28. The summed E-state index contributed by atoms with van der Waals surface area (Å²) < 4.78 is 20.5. The van der Waals surface area contributed by atoms with Gasteiger partial charge in [0.05, 0.1) is 18.3 Å². The van der Waals surface area contributed by atoms with Crippen molar-refractivity contribution in [2.75, 3.05) is 5.32 Å². The van der Waals surface area contributed by atoms with Crippen LogP contribution in [0.25, 0.3) is 11.0 Å². The number of nitrogens with zero attached hydrogens (tertiary/aromatic N) is 4. The van der Waals surface area contributed by atoms with Crippen molar-refractivity contribution in [3.8, 4) is 0 Å². The Morgan fingerprint density at radius 2 is 1.76 bits per heavy atom. The first-order valence-electron chi connectivity index (χ1n) is 11.7. The molecule has 3 aromatic carbocycles. The minimum absolute atomic E-state index is 0.0499. The van der Waals surface area contributed by atoms with E-state index in [0.717, 1.165) is 5.56 Å². The highest BCUT2D eigenvalue weighted by molar-refractivity contribution is 5.98. The van der Waals surface area contributed by atoms with Gasteiger partial charge >= 0.3 is 0 Å². The zero-order valence-electron chi connectivity index (χ0n) is 20.0. The van der Waals surface area contributed by atoms with Gasteiger partial charge in [-0.05, 0) is 66.6 Å². The summed E-state index contributed by atoms with van der Waals surface area (Å²) in [5.74, 6) is -0.688. The maximum absolute atomic E-state index is 13.9. The first-order valence-corrected chi connectivity index (χ1v) is 11.7. The van der Waals surface area contributed by atoms with Crippen LogP contribution in [0.1, 0.15) is 22.9 Å². The number of nitrogens with one attached hydrogen (secondary N) is 1. The predicted octanol–water partition coefficient (Wildman–Crippen LogP) is 4.88. The summed E-state index contributed by atoms with van der Waals surface area (Å²) in [6.07, 6.45) is 1.52. The lowest BCUT2D eigenvalue weighted by molar-refractivity contribution is -0.140. The molecule has 0 radical (unpaired) electrons. The Labute approximate surface area is 212 Å². The van der Waals surface area contributed by atoms with E-state index in [2.05, 4.69) is 15.6 Å². The van der Waals surface area contributed by atoms with Gasteiger partial charge in [0, 0.05) is 5.69 Å². The van der Waals surface area contributed by atoms with E-state index in [9.17, 15) is 14.0 Å². The van der Waals surface area contributed by atoms with Gasteiger partial charge in [-0.25, -0.2) is 9.07 Å². The largest absolute Gasteiger partial charge is 0.467 e. The highest BCUT2D eigenvalue weighted by Gasteiger charge is 2.33. The van der Waals surface area contributed by atoms with Gasteiger partial charge in [-0.15, -0.1) is 5.10 Å². The molecular weight excluding hydrogens is 473 g/mol. The van der Waals surface area contributed by atoms with E-state index in [-0.39, 0.29) is 19.0 Å². The summed E-state index contributed by atoms with van der Waals surface area (Å²) in [6, 6.07) is 22.7. The number of hydrogen-bond donors (Lipinski definition) is 1. The Morgan fingerprint density at radius 3 is 2.51 bits per heavy atom. The molecule has 2 amide bonds.